The van der Waals surface area contributed by atoms with Gasteiger partial charge in [0.1, 0.15) is 5.82 Å². The second kappa shape index (κ2) is 7.04. The van der Waals surface area contributed by atoms with Crippen LogP contribution in [-0.2, 0) is 11.2 Å². The lowest BCUT2D eigenvalue weighted by Crippen LogP contribution is -2.25. The molecule has 1 atom stereocenters. The minimum Gasteiger partial charge on any atom is -0.379 e. The van der Waals surface area contributed by atoms with Gasteiger partial charge >= 0.3 is 0 Å². The van der Waals surface area contributed by atoms with E-state index in [1.807, 2.05) is 13.1 Å². The average Bonchev–Trinajstić information content (AvgIpc) is 3.17. The highest BCUT2D eigenvalue weighted by Gasteiger charge is 2.21. The molecule has 0 amide bonds. The zero-order chi connectivity index (χ0) is 14.5. The number of aromatic nitrogens is 1. The van der Waals surface area contributed by atoms with Crippen LogP contribution in [0.4, 0.5) is 5.82 Å². The Labute approximate surface area is 122 Å². The first-order chi connectivity index (χ1) is 9.56. The third-order valence-corrected chi connectivity index (χ3v) is 3.65. The molecule has 0 spiro atoms. The van der Waals surface area contributed by atoms with Crippen LogP contribution in [-0.4, -0.2) is 37.8 Å². The van der Waals surface area contributed by atoms with Gasteiger partial charge in [-0.15, -0.1) is 0 Å². The minimum absolute atomic E-state index is 0.176. The highest BCUT2D eigenvalue weighted by molar-refractivity contribution is 5.46. The van der Waals surface area contributed by atoms with E-state index in [0.29, 0.717) is 0 Å². The number of rotatable bonds is 8. The molecule has 0 saturated heterocycles. The number of hydrogen-bond donors (Lipinski definition) is 1. The number of nitrogens with zero attached hydrogens (tertiary/aromatic N) is 2. The van der Waals surface area contributed by atoms with E-state index in [1.54, 1.807) is 0 Å². The predicted molar refractivity (Wildman–Crippen MR) is 83.1 cm³/mol. The van der Waals surface area contributed by atoms with Gasteiger partial charge in [-0.3, -0.25) is 0 Å². The topological polar surface area (TPSA) is 51.4 Å². The molecule has 112 valence electrons. The van der Waals surface area contributed by atoms with Gasteiger partial charge in [0.2, 0.25) is 0 Å². The van der Waals surface area contributed by atoms with Gasteiger partial charge in [0.15, 0.2) is 0 Å². The molecular formula is C16H27N3O. The van der Waals surface area contributed by atoms with Crippen LogP contribution in [0.15, 0.2) is 12.3 Å². The smallest absolute Gasteiger partial charge is 0.131 e. The van der Waals surface area contributed by atoms with Crippen LogP contribution in [0, 0.1) is 12.8 Å². The van der Waals surface area contributed by atoms with E-state index in [1.165, 1.54) is 24.0 Å². The maximum Gasteiger partial charge on any atom is 0.131 e. The molecule has 2 N–H and O–H groups in total. The van der Waals surface area contributed by atoms with Crippen molar-refractivity contribution in [1.82, 2.24) is 4.98 Å². The summed E-state index contributed by atoms with van der Waals surface area (Å²) in [5, 5.41) is 0. The van der Waals surface area contributed by atoms with Crippen molar-refractivity contribution in [2.24, 2.45) is 11.7 Å². The number of anilines is 1. The third-order valence-electron chi connectivity index (χ3n) is 3.65. The van der Waals surface area contributed by atoms with E-state index < -0.39 is 0 Å². The van der Waals surface area contributed by atoms with E-state index in [9.17, 15) is 0 Å². The molecule has 0 aromatic carbocycles. The molecule has 0 radical (unpaired) electrons. The summed E-state index contributed by atoms with van der Waals surface area (Å²) in [6, 6.07) is 2.36. The number of hydrogen-bond acceptors (Lipinski definition) is 4. The van der Waals surface area contributed by atoms with E-state index in [4.69, 9.17) is 10.5 Å². The average molecular weight is 277 g/mol. The van der Waals surface area contributed by atoms with Gasteiger partial charge in [-0.05, 0) is 50.2 Å². The van der Waals surface area contributed by atoms with Gasteiger partial charge in [0.05, 0.1) is 6.61 Å². The van der Waals surface area contributed by atoms with Gasteiger partial charge < -0.3 is 15.4 Å². The van der Waals surface area contributed by atoms with Crippen molar-refractivity contribution in [1.29, 1.82) is 0 Å². The van der Waals surface area contributed by atoms with Crippen molar-refractivity contribution in [3.8, 4) is 0 Å². The molecule has 1 unspecified atom stereocenters. The number of ether oxygens (including phenoxy) is 1. The Morgan fingerprint density at radius 2 is 2.25 bits per heavy atom. The van der Waals surface area contributed by atoms with Gasteiger partial charge in [0.25, 0.3) is 0 Å². The molecule has 1 fully saturated rings. The Kier molecular flexibility index (Phi) is 5.38. The maximum atomic E-state index is 5.83. The summed E-state index contributed by atoms with van der Waals surface area (Å²) in [5.74, 6) is 1.87. The molecule has 1 saturated carbocycles. The summed E-state index contributed by atoms with van der Waals surface area (Å²) < 4.78 is 5.68. The van der Waals surface area contributed by atoms with Crippen molar-refractivity contribution in [3.05, 3.63) is 23.4 Å². The molecule has 0 bridgehead atoms. The van der Waals surface area contributed by atoms with E-state index >= 15 is 0 Å². The van der Waals surface area contributed by atoms with Gasteiger partial charge in [-0.2, -0.15) is 0 Å². The maximum absolute atomic E-state index is 5.83. The van der Waals surface area contributed by atoms with Gasteiger partial charge in [-0.25, -0.2) is 4.98 Å². The van der Waals surface area contributed by atoms with Crippen LogP contribution in [0.25, 0.3) is 0 Å². The number of pyridine rings is 1. The number of aryl methyl sites for hydroxylation is 1. The summed E-state index contributed by atoms with van der Waals surface area (Å²) in [4.78, 5) is 6.74. The molecule has 2 rings (SSSR count). The van der Waals surface area contributed by atoms with Crippen LogP contribution in [0.1, 0.15) is 30.9 Å². The fourth-order valence-electron chi connectivity index (χ4n) is 2.35. The molecule has 1 aliphatic rings. The first kappa shape index (κ1) is 15.3. The fourth-order valence-corrected chi connectivity index (χ4v) is 2.35. The van der Waals surface area contributed by atoms with Crippen molar-refractivity contribution in [2.45, 2.75) is 39.2 Å². The van der Waals surface area contributed by atoms with E-state index in [2.05, 4.69) is 29.9 Å². The monoisotopic (exact) mass is 277 g/mol. The first-order valence-electron chi connectivity index (χ1n) is 7.56. The van der Waals surface area contributed by atoms with Crippen molar-refractivity contribution < 1.29 is 4.74 Å². The summed E-state index contributed by atoms with van der Waals surface area (Å²) in [6.07, 6.45) is 5.50. The van der Waals surface area contributed by atoms with Crippen LogP contribution >= 0.6 is 0 Å². The third kappa shape index (κ3) is 4.76. The summed E-state index contributed by atoms with van der Waals surface area (Å²) in [6.45, 7) is 6.71. The SMILES string of the molecule is Cc1cc(CC(C)N)cnc1N(C)CCOCC1CC1. The lowest BCUT2D eigenvalue weighted by atomic mass is 10.1. The Morgan fingerprint density at radius 3 is 2.85 bits per heavy atom. The summed E-state index contributed by atoms with van der Waals surface area (Å²) in [5.41, 5.74) is 8.24. The Morgan fingerprint density at radius 1 is 1.50 bits per heavy atom. The van der Waals surface area contributed by atoms with Crippen molar-refractivity contribution >= 4 is 5.82 Å². The standard InChI is InChI=1S/C16H27N3O/c1-12-8-15(9-13(2)17)10-18-16(12)19(3)6-7-20-11-14-4-5-14/h8,10,13-14H,4-7,9,11,17H2,1-3H3. The molecule has 0 aliphatic heterocycles. The second-order valence-electron chi connectivity index (χ2n) is 6.11. The van der Waals surface area contributed by atoms with Gasteiger partial charge in [0, 0.05) is 32.4 Å². The molecule has 1 heterocycles. The highest BCUT2D eigenvalue weighted by atomic mass is 16.5. The molecule has 1 aromatic rings. The fraction of sp³-hybridized carbons (Fsp3) is 0.688. The summed E-state index contributed by atoms with van der Waals surface area (Å²) in [7, 11) is 2.07. The zero-order valence-corrected chi connectivity index (χ0v) is 12.9. The minimum atomic E-state index is 0.176. The molecular weight excluding hydrogens is 250 g/mol. The molecule has 4 heteroatoms. The van der Waals surface area contributed by atoms with Crippen LogP contribution in [0.2, 0.25) is 0 Å². The second-order valence-corrected chi connectivity index (χ2v) is 6.11. The highest BCUT2D eigenvalue weighted by Crippen LogP contribution is 2.28. The molecule has 20 heavy (non-hydrogen) atoms. The lowest BCUT2D eigenvalue weighted by molar-refractivity contribution is 0.131. The normalized spacial score (nSPS) is 16.2. The Hall–Kier alpha value is -1.13. The van der Waals surface area contributed by atoms with E-state index in [-0.39, 0.29) is 6.04 Å². The molecule has 1 aliphatic carbocycles. The van der Waals surface area contributed by atoms with Crippen LogP contribution < -0.4 is 10.6 Å². The molecule has 4 nitrogen and oxygen atoms in total. The number of likely N-dealkylation sites (N-methyl/N-ethyl adjacent to an activating group) is 1. The van der Waals surface area contributed by atoms with Gasteiger partial charge in [-0.1, -0.05) is 6.07 Å². The number of nitrogens with two attached hydrogens (primary N) is 1. The van der Waals surface area contributed by atoms with E-state index in [0.717, 1.165) is 37.9 Å². The van der Waals surface area contributed by atoms with Crippen molar-refractivity contribution in [2.75, 3.05) is 31.7 Å². The Bertz CT molecular complexity index is 430. The van der Waals surface area contributed by atoms with Crippen molar-refractivity contribution in [3.63, 3.8) is 0 Å². The molecule has 1 aromatic heterocycles. The van der Waals surface area contributed by atoms with Crippen LogP contribution in [0.3, 0.4) is 0 Å². The Balaban J connectivity index is 1.82. The summed E-state index contributed by atoms with van der Waals surface area (Å²) >= 11 is 0. The predicted octanol–water partition coefficient (Wildman–Crippen LogP) is 2.14. The van der Waals surface area contributed by atoms with Crippen LogP contribution in [0.5, 0.6) is 0 Å². The lowest BCUT2D eigenvalue weighted by Gasteiger charge is -2.20. The largest absolute Gasteiger partial charge is 0.379 e. The zero-order valence-electron chi connectivity index (χ0n) is 12.9. The quantitative estimate of drug-likeness (QED) is 0.740. The first-order valence-corrected chi connectivity index (χ1v) is 7.56.